The number of fused-ring (bicyclic) bond motifs is 1. The number of rotatable bonds is 4. The zero-order chi connectivity index (χ0) is 13.7. The largest absolute Gasteiger partial charge is 0.445 e. The highest BCUT2D eigenvalue weighted by Gasteiger charge is 2.38. The summed E-state index contributed by atoms with van der Waals surface area (Å²) in [5.74, 6) is 1.20. The van der Waals surface area contributed by atoms with Gasteiger partial charge in [0.1, 0.15) is 6.61 Å². The Labute approximate surface area is 116 Å². The van der Waals surface area contributed by atoms with Crippen LogP contribution in [0.1, 0.15) is 8.35 Å². The van der Waals surface area contributed by atoms with Gasteiger partial charge < -0.3 is 15.0 Å². The molecular weight excluding hydrogens is 240 g/mol. The molecule has 2 unspecified atom stereocenters. The van der Waals surface area contributed by atoms with Crippen molar-refractivity contribution in [3.63, 3.8) is 0 Å². The van der Waals surface area contributed by atoms with Crippen LogP contribution in [0.15, 0.2) is 36.5 Å². The van der Waals surface area contributed by atoms with Crippen LogP contribution >= 0.6 is 0 Å². The molecule has 0 radical (unpaired) electrons. The maximum absolute atomic E-state index is 11.9. The van der Waals surface area contributed by atoms with Crippen LogP contribution in [0.25, 0.3) is 0 Å². The van der Waals surface area contributed by atoms with E-state index in [9.17, 15) is 4.79 Å². The van der Waals surface area contributed by atoms with Crippen molar-refractivity contribution in [3.05, 3.63) is 36.5 Å². The Morgan fingerprint density at radius 1 is 1.42 bits per heavy atom. The van der Waals surface area contributed by atoms with E-state index in [2.05, 4.69) is 11.9 Å². The second-order valence-electron chi connectivity index (χ2n) is 5.18. The van der Waals surface area contributed by atoms with Crippen molar-refractivity contribution in [1.82, 2.24) is 10.2 Å². The summed E-state index contributed by atoms with van der Waals surface area (Å²) in [6.45, 7) is 9.74. The standard InChI is InChI=1S/C15H22N2O2.H2/c1-3-4-5-6-12(2)11-19-15(18)17-9-13-7-16-8-14(13)10-17;/h3-6,13-14,16H,2,7-11H2,1H3;1H/b4-3-,6-5-;. The molecule has 0 aliphatic carbocycles. The number of carbonyl (C=O) groups excluding carboxylic acids is 1. The van der Waals surface area contributed by atoms with Gasteiger partial charge in [0.25, 0.3) is 0 Å². The summed E-state index contributed by atoms with van der Waals surface area (Å²) in [5, 5.41) is 3.35. The topological polar surface area (TPSA) is 41.6 Å². The molecular formula is C15H24N2O2. The van der Waals surface area contributed by atoms with Crippen LogP contribution in [0, 0.1) is 11.8 Å². The van der Waals surface area contributed by atoms with Gasteiger partial charge in [-0.15, -0.1) is 0 Å². The molecule has 2 atom stereocenters. The molecule has 0 spiro atoms. The highest BCUT2D eigenvalue weighted by molar-refractivity contribution is 5.68. The third kappa shape index (κ3) is 3.70. The first-order valence-electron chi connectivity index (χ1n) is 6.80. The maximum atomic E-state index is 11.9. The minimum atomic E-state index is -0.213. The molecule has 106 valence electrons. The van der Waals surface area contributed by atoms with Crippen LogP contribution in [-0.2, 0) is 4.74 Å². The van der Waals surface area contributed by atoms with E-state index >= 15 is 0 Å². The molecule has 0 aromatic carbocycles. The molecule has 2 aliphatic rings. The van der Waals surface area contributed by atoms with E-state index in [1.165, 1.54) is 0 Å². The van der Waals surface area contributed by atoms with E-state index < -0.39 is 0 Å². The van der Waals surface area contributed by atoms with Crippen molar-refractivity contribution >= 4 is 6.09 Å². The highest BCUT2D eigenvalue weighted by Crippen LogP contribution is 2.26. The van der Waals surface area contributed by atoms with Crippen LogP contribution in [0.5, 0.6) is 0 Å². The number of hydrogen-bond donors (Lipinski definition) is 1. The average Bonchev–Trinajstić information content (AvgIpc) is 2.97. The van der Waals surface area contributed by atoms with Gasteiger partial charge in [0.05, 0.1) is 0 Å². The summed E-state index contributed by atoms with van der Waals surface area (Å²) < 4.78 is 5.28. The molecule has 4 nitrogen and oxygen atoms in total. The normalized spacial score (nSPS) is 26.3. The second kappa shape index (κ2) is 6.57. The van der Waals surface area contributed by atoms with Gasteiger partial charge in [0, 0.05) is 27.6 Å². The molecule has 0 saturated carbocycles. The van der Waals surface area contributed by atoms with Gasteiger partial charge in [-0.3, -0.25) is 0 Å². The smallest absolute Gasteiger partial charge is 0.410 e. The third-order valence-corrected chi connectivity index (χ3v) is 3.66. The second-order valence-corrected chi connectivity index (χ2v) is 5.18. The van der Waals surface area contributed by atoms with Crippen molar-refractivity contribution < 1.29 is 11.0 Å². The minimum Gasteiger partial charge on any atom is -0.445 e. The first-order chi connectivity index (χ1) is 9.20. The molecule has 1 N–H and O–H groups in total. The monoisotopic (exact) mass is 264 g/mol. The van der Waals surface area contributed by atoms with Crippen LogP contribution < -0.4 is 5.32 Å². The lowest BCUT2D eigenvalue weighted by atomic mass is 10.0. The summed E-state index contributed by atoms with van der Waals surface area (Å²) in [6, 6.07) is 0. The molecule has 0 aromatic rings. The lowest BCUT2D eigenvalue weighted by Gasteiger charge is -2.17. The molecule has 0 aromatic heterocycles. The quantitative estimate of drug-likeness (QED) is 0.792. The number of nitrogens with zero attached hydrogens (tertiary/aromatic N) is 1. The van der Waals surface area contributed by atoms with E-state index in [1.807, 2.05) is 36.1 Å². The number of carbonyl (C=O) groups is 1. The minimum absolute atomic E-state index is 0. The van der Waals surface area contributed by atoms with Crippen molar-refractivity contribution in [2.45, 2.75) is 6.92 Å². The van der Waals surface area contributed by atoms with Crippen LogP contribution in [0.3, 0.4) is 0 Å². The Bertz CT molecular complexity index is 395. The van der Waals surface area contributed by atoms with Crippen molar-refractivity contribution in [2.75, 3.05) is 32.8 Å². The predicted octanol–water partition coefficient (Wildman–Crippen LogP) is 2.21. The number of amides is 1. The molecule has 2 heterocycles. The zero-order valence-corrected chi connectivity index (χ0v) is 11.5. The van der Waals surface area contributed by atoms with E-state index in [-0.39, 0.29) is 14.1 Å². The Morgan fingerprint density at radius 2 is 2.11 bits per heavy atom. The summed E-state index contributed by atoms with van der Waals surface area (Å²) in [7, 11) is 0. The first kappa shape index (κ1) is 13.9. The molecule has 2 saturated heterocycles. The first-order valence-corrected chi connectivity index (χ1v) is 6.80. The van der Waals surface area contributed by atoms with Gasteiger partial charge in [0.2, 0.25) is 0 Å². The summed E-state index contributed by atoms with van der Waals surface area (Å²) >= 11 is 0. The summed E-state index contributed by atoms with van der Waals surface area (Å²) in [6.07, 6.45) is 7.39. The molecule has 2 fully saturated rings. The predicted molar refractivity (Wildman–Crippen MR) is 78.0 cm³/mol. The van der Waals surface area contributed by atoms with Gasteiger partial charge in [0.15, 0.2) is 0 Å². The number of allylic oxidation sites excluding steroid dienone is 3. The Kier molecular flexibility index (Phi) is 4.80. The molecule has 19 heavy (non-hydrogen) atoms. The number of likely N-dealkylation sites (tertiary alicyclic amines) is 1. The van der Waals surface area contributed by atoms with E-state index in [0.717, 1.165) is 31.8 Å². The average molecular weight is 264 g/mol. The van der Waals surface area contributed by atoms with Crippen molar-refractivity contribution in [3.8, 4) is 0 Å². The fraction of sp³-hybridized carbons (Fsp3) is 0.533. The van der Waals surface area contributed by atoms with Gasteiger partial charge in [-0.05, 0) is 24.3 Å². The molecule has 0 bridgehead atoms. The van der Waals surface area contributed by atoms with Gasteiger partial charge in [-0.1, -0.05) is 30.9 Å². The van der Waals surface area contributed by atoms with Gasteiger partial charge >= 0.3 is 6.09 Å². The lowest BCUT2D eigenvalue weighted by molar-refractivity contribution is 0.117. The van der Waals surface area contributed by atoms with E-state index in [0.29, 0.717) is 11.8 Å². The fourth-order valence-corrected chi connectivity index (χ4v) is 2.60. The number of nitrogens with one attached hydrogen (secondary N) is 1. The number of hydrogen-bond acceptors (Lipinski definition) is 3. The van der Waals surface area contributed by atoms with Crippen LogP contribution in [-0.4, -0.2) is 43.8 Å². The SMILES string of the molecule is C=C(/C=C\C=C/C)COC(=O)N1CC2CNCC2C1.[HH]. The Morgan fingerprint density at radius 3 is 2.74 bits per heavy atom. The molecule has 4 heteroatoms. The van der Waals surface area contributed by atoms with Crippen molar-refractivity contribution in [2.24, 2.45) is 11.8 Å². The van der Waals surface area contributed by atoms with E-state index in [1.54, 1.807) is 0 Å². The molecule has 2 aliphatic heterocycles. The summed E-state index contributed by atoms with van der Waals surface area (Å²) in [4.78, 5) is 13.7. The lowest BCUT2D eigenvalue weighted by Crippen LogP contribution is -2.32. The highest BCUT2D eigenvalue weighted by atomic mass is 16.6. The number of ether oxygens (including phenoxy) is 1. The third-order valence-electron chi connectivity index (χ3n) is 3.66. The van der Waals surface area contributed by atoms with Crippen LogP contribution in [0.4, 0.5) is 4.79 Å². The maximum Gasteiger partial charge on any atom is 0.410 e. The zero-order valence-electron chi connectivity index (χ0n) is 11.5. The Balaban J connectivity index is 0.00000200. The summed E-state index contributed by atoms with van der Waals surface area (Å²) in [5.41, 5.74) is 0.799. The molecule has 1 amide bonds. The van der Waals surface area contributed by atoms with Crippen LogP contribution in [0.2, 0.25) is 0 Å². The fourth-order valence-electron chi connectivity index (χ4n) is 2.60. The molecule has 2 rings (SSSR count). The van der Waals surface area contributed by atoms with Gasteiger partial charge in [-0.25, -0.2) is 4.79 Å². The Hall–Kier alpha value is -1.55. The van der Waals surface area contributed by atoms with Gasteiger partial charge in [-0.2, -0.15) is 0 Å². The van der Waals surface area contributed by atoms with Crippen molar-refractivity contribution in [1.29, 1.82) is 0 Å². The van der Waals surface area contributed by atoms with E-state index in [4.69, 9.17) is 4.74 Å².